The number of nitrogen functional groups attached to an aromatic ring is 1. The molecule has 0 bridgehead atoms. The normalized spacial score (nSPS) is 10.6. The van der Waals surface area contributed by atoms with Crippen molar-refractivity contribution in [3.63, 3.8) is 0 Å². The molecule has 2 rings (SSSR count). The summed E-state index contributed by atoms with van der Waals surface area (Å²) < 4.78 is 1.62. The lowest BCUT2D eigenvalue weighted by atomic mass is 10.5. The third-order valence-corrected chi connectivity index (χ3v) is 1.61. The molecule has 0 spiro atoms. The first-order chi connectivity index (χ1) is 5.29. The molecule has 0 aliphatic rings. The Bertz CT molecular complexity index is 390. The van der Waals surface area contributed by atoms with Gasteiger partial charge < -0.3 is 5.73 Å². The van der Waals surface area contributed by atoms with Crippen molar-refractivity contribution in [1.82, 2.24) is 14.6 Å². The first kappa shape index (κ1) is 6.15. The van der Waals surface area contributed by atoms with Gasteiger partial charge in [-0.15, -0.1) is 0 Å². The van der Waals surface area contributed by atoms with Gasteiger partial charge >= 0.3 is 0 Å². The smallest absolute Gasteiger partial charge is 0.156 e. The summed E-state index contributed by atoms with van der Waals surface area (Å²) in [6.07, 6.45) is 1.68. The lowest BCUT2D eigenvalue weighted by Gasteiger charge is -1.91. The van der Waals surface area contributed by atoms with Crippen molar-refractivity contribution < 1.29 is 0 Å². The molecule has 0 atom stereocenters. The van der Waals surface area contributed by atoms with Gasteiger partial charge in [0.15, 0.2) is 5.65 Å². The van der Waals surface area contributed by atoms with Crippen LogP contribution in [0, 0.1) is 6.92 Å². The fraction of sp³-hybridized carbons (Fsp3) is 0.143. The van der Waals surface area contributed by atoms with Crippen LogP contribution < -0.4 is 5.73 Å². The second-order valence-corrected chi connectivity index (χ2v) is 2.38. The summed E-state index contributed by atoms with van der Waals surface area (Å²) in [6.45, 7) is 1.87. The number of aryl methyl sites for hydroxylation is 1. The summed E-state index contributed by atoms with van der Waals surface area (Å²) in [5.41, 5.74) is 7.29. The molecular weight excluding hydrogens is 140 g/mol. The van der Waals surface area contributed by atoms with E-state index in [-0.39, 0.29) is 0 Å². The summed E-state index contributed by atoms with van der Waals surface area (Å²) in [7, 11) is 0. The van der Waals surface area contributed by atoms with Gasteiger partial charge in [-0.05, 0) is 19.1 Å². The predicted octanol–water partition coefficient (Wildman–Crippen LogP) is 0.620. The Kier molecular flexibility index (Phi) is 1.09. The van der Waals surface area contributed by atoms with E-state index in [2.05, 4.69) is 10.1 Å². The summed E-state index contributed by atoms with van der Waals surface area (Å²) in [5.74, 6) is 0.612. The van der Waals surface area contributed by atoms with Gasteiger partial charge in [-0.1, -0.05) is 0 Å². The highest BCUT2D eigenvalue weighted by Crippen LogP contribution is 2.10. The third kappa shape index (κ3) is 0.756. The van der Waals surface area contributed by atoms with Crippen LogP contribution in [0.3, 0.4) is 0 Å². The summed E-state index contributed by atoms with van der Waals surface area (Å²) >= 11 is 0. The van der Waals surface area contributed by atoms with Gasteiger partial charge in [0.25, 0.3) is 0 Å². The molecule has 11 heavy (non-hydrogen) atoms. The topological polar surface area (TPSA) is 56.2 Å². The van der Waals surface area contributed by atoms with E-state index in [4.69, 9.17) is 5.73 Å². The number of nitrogens with zero attached hydrogens (tertiary/aromatic N) is 3. The van der Waals surface area contributed by atoms with Gasteiger partial charge in [-0.25, -0.2) is 4.98 Å². The Morgan fingerprint density at radius 2 is 2.36 bits per heavy atom. The molecule has 0 aromatic carbocycles. The van der Waals surface area contributed by atoms with Gasteiger partial charge in [-0.2, -0.15) is 9.61 Å². The van der Waals surface area contributed by atoms with Gasteiger partial charge in [-0.3, -0.25) is 0 Å². The number of hydrogen-bond acceptors (Lipinski definition) is 3. The van der Waals surface area contributed by atoms with E-state index in [1.54, 1.807) is 10.7 Å². The molecule has 2 N–H and O–H groups in total. The Labute approximate surface area is 63.7 Å². The lowest BCUT2D eigenvalue weighted by Crippen LogP contribution is -1.96. The molecular formula is C7H8N4. The van der Waals surface area contributed by atoms with E-state index in [1.165, 1.54) is 0 Å². The monoisotopic (exact) mass is 148 g/mol. The Balaban J connectivity index is 2.92. The number of fused-ring (bicyclic) bond motifs is 1. The van der Waals surface area contributed by atoms with E-state index in [0.29, 0.717) is 5.82 Å². The van der Waals surface area contributed by atoms with Gasteiger partial charge in [0.1, 0.15) is 5.82 Å². The van der Waals surface area contributed by atoms with Gasteiger partial charge in [0.2, 0.25) is 0 Å². The molecule has 0 unspecified atom stereocenters. The van der Waals surface area contributed by atoms with Crippen molar-refractivity contribution in [3.8, 4) is 0 Å². The van der Waals surface area contributed by atoms with Crippen molar-refractivity contribution in [1.29, 1.82) is 0 Å². The number of aromatic nitrogens is 3. The van der Waals surface area contributed by atoms with Crippen LogP contribution in [0.4, 0.5) is 5.82 Å². The average Bonchev–Trinajstić information content (AvgIpc) is 2.30. The van der Waals surface area contributed by atoms with Crippen LogP contribution in [0.2, 0.25) is 0 Å². The van der Waals surface area contributed by atoms with Crippen LogP contribution >= 0.6 is 0 Å². The minimum absolute atomic E-state index is 0.612. The highest BCUT2D eigenvalue weighted by Gasteiger charge is 2.02. The number of hydrogen-bond donors (Lipinski definition) is 1. The molecule has 0 saturated carbocycles. The Hall–Kier alpha value is -1.58. The fourth-order valence-electron chi connectivity index (χ4n) is 1.02. The highest BCUT2D eigenvalue weighted by molar-refractivity contribution is 5.49. The van der Waals surface area contributed by atoms with Crippen molar-refractivity contribution in [2.75, 3.05) is 5.73 Å². The van der Waals surface area contributed by atoms with E-state index in [9.17, 15) is 0 Å². The van der Waals surface area contributed by atoms with E-state index >= 15 is 0 Å². The van der Waals surface area contributed by atoms with Crippen molar-refractivity contribution in [2.24, 2.45) is 0 Å². The van der Waals surface area contributed by atoms with Gasteiger partial charge in [0.05, 0.1) is 5.69 Å². The zero-order valence-electron chi connectivity index (χ0n) is 6.15. The van der Waals surface area contributed by atoms with E-state index in [1.807, 2.05) is 19.1 Å². The maximum Gasteiger partial charge on any atom is 0.156 e. The molecule has 2 aromatic heterocycles. The lowest BCUT2D eigenvalue weighted by molar-refractivity contribution is 0.945. The van der Waals surface area contributed by atoms with Crippen LogP contribution in [0.1, 0.15) is 5.69 Å². The molecule has 56 valence electrons. The zero-order chi connectivity index (χ0) is 7.84. The molecule has 0 aliphatic heterocycles. The zero-order valence-corrected chi connectivity index (χ0v) is 6.15. The van der Waals surface area contributed by atoms with Crippen LogP contribution in [-0.4, -0.2) is 14.6 Å². The standard InChI is InChI=1S/C7H8N4/c1-5-7(8)11-6(10-5)3-2-4-9-11/h2-4H,8H2,1H3. The van der Waals surface area contributed by atoms with E-state index < -0.39 is 0 Å². The molecule has 2 heterocycles. The summed E-state index contributed by atoms with van der Waals surface area (Å²) in [6, 6.07) is 3.71. The first-order valence-electron chi connectivity index (χ1n) is 3.35. The number of nitrogens with two attached hydrogens (primary N) is 1. The second-order valence-electron chi connectivity index (χ2n) is 2.38. The minimum atomic E-state index is 0.612. The predicted molar refractivity (Wildman–Crippen MR) is 42.1 cm³/mol. The SMILES string of the molecule is Cc1nc2cccnn2c1N. The van der Waals surface area contributed by atoms with Crippen LogP contribution in [0.15, 0.2) is 18.3 Å². The Morgan fingerprint density at radius 1 is 1.55 bits per heavy atom. The van der Waals surface area contributed by atoms with Gasteiger partial charge in [0, 0.05) is 6.20 Å². The maximum absolute atomic E-state index is 5.68. The fourth-order valence-corrected chi connectivity index (χ4v) is 1.02. The van der Waals surface area contributed by atoms with Crippen LogP contribution in [0.25, 0.3) is 5.65 Å². The second kappa shape index (κ2) is 1.95. The summed E-state index contributed by atoms with van der Waals surface area (Å²) in [4.78, 5) is 4.19. The number of imidazole rings is 1. The average molecular weight is 148 g/mol. The molecule has 0 saturated heterocycles. The highest BCUT2D eigenvalue weighted by atomic mass is 15.3. The van der Waals surface area contributed by atoms with Crippen molar-refractivity contribution >= 4 is 11.5 Å². The molecule has 0 fully saturated rings. The number of rotatable bonds is 0. The third-order valence-electron chi connectivity index (χ3n) is 1.61. The molecule has 0 amide bonds. The quantitative estimate of drug-likeness (QED) is 0.595. The van der Waals surface area contributed by atoms with Crippen LogP contribution in [0.5, 0.6) is 0 Å². The minimum Gasteiger partial charge on any atom is -0.382 e. The molecule has 2 aromatic rings. The molecule has 4 heteroatoms. The van der Waals surface area contributed by atoms with E-state index in [0.717, 1.165) is 11.3 Å². The Morgan fingerprint density at radius 3 is 3.09 bits per heavy atom. The van der Waals surface area contributed by atoms with Crippen molar-refractivity contribution in [3.05, 3.63) is 24.0 Å². The maximum atomic E-state index is 5.68. The first-order valence-corrected chi connectivity index (χ1v) is 3.35. The summed E-state index contributed by atoms with van der Waals surface area (Å²) in [5, 5.41) is 4.03. The molecule has 0 aliphatic carbocycles. The van der Waals surface area contributed by atoms with Crippen LogP contribution in [-0.2, 0) is 0 Å². The largest absolute Gasteiger partial charge is 0.382 e. The number of anilines is 1. The molecule has 0 radical (unpaired) electrons. The molecule has 4 nitrogen and oxygen atoms in total. The van der Waals surface area contributed by atoms with Crippen molar-refractivity contribution in [2.45, 2.75) is 6.92 Å².